The van der Waals surface area contributed by atoms with Crippen LogP contribution in [0.1, 0.15) is 28.7 Å². The van der Waals surface area contributed by atoms with Crippen molar-refractivity contribution in [3.63, 3.8) is 0 Å². The molecule has 0 amide bonds. The SMILES string of the molecule is C=C/C=C\c1c(C)c2c(c3ccccc13)CCC=C2. The number of hydrogen-bond donors (Lipinski definition) is 0. The highest BCUT2D eigenvalue weighted by atomic mass is 14.2. The smallest absolute Gasteiger partial charge is 0.0106 e. The lowest BCUT2D eigenvalue weighted by Crippen LogP contribution is -2.01. The number of rotatable bonds is 2. The molecule has 0 spiro atoms. The van der Waals surface area contributed by atoms with Crippen LogP contribution in [0.5, 0.6) is 0 Å². The molecule has 0 radical (unpaired) electrons. The van der Waals surface area contributed by atoms with Crippen molar-refractivity contribution in [1.29, 1.82) is 0 Å². The Kier molecular flexibility index (Phi) is 3.08. The van der Waals surface area contributed by atoms with E-state index in [1.165, 1.54) is 33.0 Å². The van der Waals surface area contributed by atoms with Crippen molar-refractivity contribution in [2.75, 3.05) is 0 Å². The molecule has 2 aromatic carbocycles. The highest BCUT2D eigenvalue weighted by molar-refractivity contribution is 5.97. The van der Waals surface area contributed by atoms with E-state index in [0.29, 0.717) is 0 Å². The minimum Gasteiger partial charge on any atom is -0.0991 e. The van der Waals surface area contributed by atoms with Crippen molar-refractivity contribution in [1.82, 2.24) is 0 Å². The lowest BCUT2D eigenvalue weighted by atomic mass is 9.85. The number of aryl methyl sites for hydroxylation is 1. The first-order valence-corrected chi connectivity index (χ1v) is 6.82. The summed E-state index contributed by atoms with van der Waals surface area (Å²) in [5.74, 6) is 0. The summed E-state index contributed by atoms with van der Waals surface area (Å²) in [6.45, 7) is 6.00. The van der Waals surface area contributed by atoms with Crippen LogP contribution in [0.15, 0.2) is 49.1 Å². The maximum atomic E-state index is 3.77. The van der Waals surface area contributed by atoms with Crippen LogP contribution in [0.25, 0.3) is 22.9 Å². The fraction of sp³-hybridized carbons (Fsp3) is 0.158. The summed E-state index contributed by atoms with van der Waals surface area (Å²) in [4.78, 5) is 0. The molecule has 0 saturated carbocycles. The molecule has 0 heteroatoms. The molecule has 0 nitrogen and oxygen atoms in total. The molecule has 0 saturated heterocycles. The summed E-state index contributed by atoms with van der Waals surface area (Å²) in [7, 11) is 0. The molecule has 0 unspecified atom stereocenters. The first kappa shape index (κ1) is 12.0. The van der Waals surface area contributed by atoms with Crippen molar-refractivity contribution in [2.45, 2.75) is 19.8 Å². The van der Waals surface area contributed by atoms with Crippen molar-refractivity contribution in [3.8, 4) is 0 Å². The van der Waals surface area contributed by atoms with Crippen LogP contribution in [-0.2, 0) is 6.42 Å². The van der Waals surface area contributed by atoms with Crippen molar-refractivity contribution in [2.24, 2.45) is 0 Å². The quantitative estimate of drug-likeness (QED) is 0.630. The predicted molar refractivity (Wildman–Crippen MR) is 85.3 cm³/mol. The average Bonchev–Trinajstić information content (AvgIpc) is 2.47. The van der Waals surface area contributed by atoms with Gasteiger partial charge in [-0.2, -0.15) is 0 Å². The molecular weight excluding hydrogens is 228 g/mol. The van der Waals surface area contributed by atoms with Crippen molar-refractivity contribution < 1.29 is 0 Å². The lowest BCUT2D eigenvalue weighted by Gasteiger charge is -2.19. The molecule has 0 N–H and O–H groups in total. The molecule has 0 fully saturated rings. The van der Waals surface area contributed by atoms with Crippen LogP contribution in [0.2, 0.25) is 0 Å². The fourth-order valence-electron chi connectivity index (χ4n) is 3.00. The van der Waals surface area contributed by atoms with E-state index < -0.39 is 0 Å². The van der Waals surface area contributed by atoms with Gasteiger partial charge in [0.15, 0.2) is 0 Å². The molecule has 94 valence electrons. The predicted octanol–water partition coefficient (Wildman–Crippen LogP) is 5.31. The largest absolute Gasteiger partial charge is 0.0991 e. The van der Waals surface area contributed by atoms with Gasteiger partial charge in [0, 0.05) is 0 Å². The Hall–Kier alpha value is -2.08. The molecule has 19 heavy (non-hydrogen) atoms. The Morgan fingerprint density at radius 2 is 1.95 bits per heavy atom. The van der Waals surface area contributed by atoms with E-state index in [2.05, 4.69) is 56.0 Å². The molecule has 1 aliphatic carbocycles. The monoisotopic (exact) mass is 246 g/mol. The first-order chi connectivity index (χ1) is 9.33. The molecule has 0 atom stereocenters. The lowest BCUT2D eigenvalue weighted by molar-refractivity contribution is 0.992. The Morgan fingerprint density at radius 3 is 2.74 bits per heavy atom. The first-order valence-electron chi connectivity index (χ1n) is 6.82. The van der Waals surface area contributed by atoms with E-state index in [0.717, 1.165) is 12.8 Å². The second-order valence-corrected chi connectivity index (χ2v) is 5.01. The number of allylic oxidation sites excluding steroid dienone is 3. The standard InChI is InChI=1S/C19H18/c1-3-4-9-15-14(2)16-10-5-6-11-18(16)19-13-8-7-12-17(15)19/h3-5,7-10,12-13H,1,6,11H2,2H3/b9-4-. The van der Waals surface area contributed by atoms with E-state index in [4.69, 9.17) is 0 Å². The maximum absolute atomic E-state index is 3.77. The molecular formula is C19H18. The summed E-state index contributed by atoms with van der Waals surface area (Å²) >= 11 is 0. The van der Waals surface area contributed by atoms with Crippen LogP contribution < -0.4 is 0 Å². The number of hydrogen-bond acceptors (Lipinski definition) is 0. The van der Waals surface area contributed by atoms with Crippen LogP contribution in [0, 0.1) is 6.92 Å². The molecule has 0 bridgehead atoms. The molecule has 0 aromatic heterocycles. The van der Waals surface area contributed by atoms with Gasteiger partial charge in [0.05, 0.1) is 0 Å². The van der Waals surface area contributed by atoms with E-state index in [9.17, 15) is 0 Å². The zero-order chi connectivity index (χ0) is 13.2. The highest BCUT2D eigenvalue weighted by Crippen LogP contribution is 2.34. The maximum Gasteiger partial charge on any atom is -0.0106 e. The van der Waals surface area contributed by atoms with Crippen LogP contribution in [0.4, 0.5) is 0 Å². The van der Waals surface area contributed by atoms with E-state index in [1.807, 2.05) is 12.2 Å². The van der Waals surface area contributed by atoms with Crippen molar-refractivity contribution in [3.05, 3.63) is 71.3 Å². The van der Waals surface area contributed by atoms with Gasteiger partial charge in [-0.15, -0.1) is 0 Å². The third-order valence-corrected chi connectivity index (χ3v) is 3.92. The number of benzene rings is 2. The number of fused-ring (bicyclic) bond motifs is 3. The molecule has 2 aromatic rings. The van der Waals surface area contributed by atoms with Gasteiger partial charge >= 0.3 is 0 Å². The van der Waals surface area contributed by atoms with Gasteiger partial charge in [0.1, 0.15) is 0 Å². The van der Waals surface area contributed by atoms with Crippen LogP contribution in [0.3, 0.4) is 0 Å². The molecule has 0 heterocycles. The third kappa shape index (κ3) is 1.94. The van der Waals surface area contributed by atoms with Gasteiger partial charge in [-0.25, -0.2) is 0 Å². The minimum absolute atomic E-state index is 1.15. The zero-order valence-electron chi connectivity index (χ0n) is 11.3. The minimum atomic E-state index is 1.15. The van der Waals surface area contributed by atoms with E-state index in [-0.39, 0.29) is 0 Å². The van der Waals surface area contributed by atoms with Gasteiger partial charge in [-0.3, -0.25) is 0 Å². The fourth-order valence-corrected chi connectivity index (χ4v) is 3.00. The van der Waals surface area contributed by atoms with Gasteiger partial charge in [-0.1, -0.05) is 61.2 Å². The summed E-state index contributed by atoms with van der Waals surface area (Å²) < 4.78 is 0. The second kappa shape index (κ2) is 4.89. The molecule has 0 aliphatic heterocycles. The normalized spacial score (nSPS) is 13.9. The van der Waals surface area contributed by atoms with Gasteiger partial charge in [0.25, 0.3) is 0 Å². The molecule has 1 aliphatic rings. The average molecular weight is 246 g/mol. The topological polar surface area (TPSA) is 0 Å². The van der Waals surface area contributed by atoms with E-state index in [1.54, 1.807) is 0 Å². The van der Waals surface area contributed by atoms with E-state index >= 15 is 0 Å². The summed E-state index contributed by atoms with van der Waals surface area (Å²) in [5.41, 5.74) is 5.61. The van der Waals surface area contributed by atoms with Crippen molar-refractivity contribution >= 4 is 22.9 Å². The zero-order valence-corrected chi connectivity index (χ0v) is 11.3. The van der Waals surface area contributed by atoms with Gasteiger partial charge in [0.2, 0.25) is 0 Å². The van der Waals surface area contributed by atoms with Gasteiger partial charge in [-0.05, 0) is 52.8 Å². The Labute approximate surface area is 114 Å². The van der Waals surface area contributed by atoms with Crippen LogP contribution in [-0.4, -0.2) is 0 Å². The van der Waals surface area contributed by atoms with Gasteiger partial charge < -0.3 is 0 Å². The highest BCUT2D eigenvalue weighted by Gasteiger charge is 2.14. The summed E-state index contributed by atoms with van der Waals surface area (Å²) in [5, 5.41) is 2.75. The second-order valence-electron chi connectivity index (χ2n) is 5.01. The Balaban J connectivity index is 2.42. The molecule has 3 rings (SSSR count). The summed E-state index contributed by atoms with van der Waals surface area (Å²) in [6, 6.07) is 8.73. The third-order valence-electron chi connectivity index (χ3n) is 3.92. The Bertz CT molecular complexity index is 700. The van der Waals surface area contributed by atoms with Crippen LogP contribution >= 0.6 is 0 Å². The summed E-state index contributed by atoms with van der Waals surface area (Å²) in [6.07, 6.45) is 12.9. The Morgan fingerprint density at radius 1 is 1.16 bits per heavy atom.